The van der Waals surface area contributed by atoms with E-state index in [9.17, 15) is 0 Å². The Bertz CT molecular complexity index is 521. The van der Waals surface area contributed by atoms with Crippen LogP contribution in [0.4, 0.5) is 0 Å². The average Bonchev–Trinajstić information content (AvgIpc) is 2.51. The molecule has 0 radical (unpaired) electrons. The van der Waals surface area contributed by atoms with Gasteiger partial charge < -0.3 is 10.1 Å². The van der Waals surface area contributed by atoms with Crippen LogP contribution >= 0.6 is 0 Å². The third-order valence-corrected chi connectivity index (χ3v) is 3.59. The highest BCUT2D eigenvalue weighted by molar-refractivity contribution is 5.27. The molecule has 2 heteroatoms. The van der Waals surface area contributed by atoms with Gasteiger partial charge in [-0.05, 0) is 44.5 Å². The molecule has 21 heavy (non-hydrogen) atoms. The minimum atomic E-state index is 0.0710. The maximum atomic E-state index is 6.12. The molecule has 0 aliphatic heterocycles. The zero-order valence-corrected chi connectivity index (χ0v) is 13.2. The van der Waals surface area contributed by atoms with Crippen molar-refractivity contribution in [2.24, 2.45) is 0 Å². The van der Waals surface area contributed by atoms with Gasteiger partial charge in [-0.1, -0.05) is 55.0 Å². The van der Waals surface area contributed by atoms with Gasteiger partial charge in [-0.3, -0.25) is 0 Å². The van der Waals surface area contributed by atoms with Gasteiger partial charge in [-0.2, -0.15) is 0 Å². The fourth-order valence-electron chi connectivity index (χ4n) is 2.41. The Morgan fingerprint density at radius 2 is 1.67 bits per heavy atom. The van der Waals surface area contributed by atoms with E-state index < -0.39 is 0 Å². The Hall–Kier alpha value is -1.80. The molecule has 2 aromatic rings. The van der Waals surface area contributed by atoms with Crippen molar-refractivity contribution in [1.82, 2.24) is 5.32 Å². The predicted octanol–water partition coefficient (Wildman–Crippen LogP) is 4.50. The molecule has 2 rings (SSSR count). The summed E-state index contributed by atoms with van der Waals surface area (Å²) in [6.07, 6.45) is 1.18. The quantitative estimate of drug-likeness (QED) is 0.807. The highest BCUT2D eigenvalue weighted by Crippen LogP contribution is 2.22. The molecule has 0 fully saturated rings. The first-order valence-corrected chi connectivity index (χ1v) is 7.72. The summed E-state index contributed by atoms with van der Waals surface area (Å²) >= 11 is 0. The van der Waals surface area contributed by atoms with E-state index in [0.29, 0.717) is 0 Å². The molecule has 112 valence electrons. The Balaban J connectivity index is 2.10. The maximum absolute atomic E-state index is 6.12. The Labute approximate surface area is 128 Å². The summed E-state index contributed by atoms with van der Waals surface area (Å²) in [5, 5.41) is 3.59. The van der Waals surface area contributed by atoms with E-state index in [0.717, 1.165) is 18.7 Å². The maximum Gasteiger partial charge on any atom is 0.119 e. The van der Waals surface area contributed by atoms with Crippen LogP contribution in [0.25, 0.3) is 0 Å². The van der Waals surface area contributed by atoms with Gasteiger partial charge in [0.25, 0.3) is 0 Å². The van der Waals surface area contributed by atoms with Crippen LogP contribution in [-0.2, 0) is 0 Å². The van der Waals surface area contributed by atoms with E-state index in [1.165, 1.54) is 11.1 Å². The number of rotatable bonds is 7. The summed E-state index contributed by atoms with van der Waals surface area (Å²) in [5.74, 6) is 0.923. The summed E-state index contributed by atoms with van der Waals surface area (Å²) in [7, 11) is 0. The Morgan fingerprint density at radius 1 is 1.00 bits per heavy atom. The molecular weight excluding hydrogens is 258 g/mol. The van der Waals surface area contributed by atoms with E-state index >= 15 is 0 Å². The van der Waals surface area contributed by atoms with Crippen LogP contribution in [0.3, 0.4) is 0 Å². The Morgan fingerprint density at radius 3 is 2.29 bits per heavy atom. The largest absolute Gasteiger partial charge is 0.489 e. The van der Waals surface area contributed by atoms with Crippen LogP contribution < -0.4 is 10.1 Å². The average molecular weight is 283 g/mol. The number of nitrogens with one attached hydrogen (secondary N) is 1. The molecule has 0 aliphatic rings. The number of hydrogen-bond donors (Lipinski definition) is 1. The first kappa shape index (κ1) is 15.6. The van der Waals surface area contributed by atoms with E-state index in [1.807, 2.05) is 18.2 Å². The molecule has 2 nitrogen and oxygen atoms in total. The summed E-state index contributed by atoms with van der Waals surface area (Å²) in [6.45, 7) is 7.38. The van der Waals surface area contributed by atoms with Crippen LogP contribution in [-0.4, -0.2) is 12.6 Å². The summed E-state index contributed by atoms with van der Waals surface area (Å²) in [4.78, 5) is 0. The van der Waals surface area contributed by atoms with Crippen molar-refractivity contribution in [3.05, 3.63) is 65.7 Å². The number of benzene rings is 2. The molecule has 0 saturated heterocycles. The highest BCUT2D eigenvalue weighted by atomic mass is 16.5. The lowest BCUT2D eigenvalue weighted by Crippen LogP contribution is -2.34. The predicted molar refractivity (Wildman–Crippen MR) is 88.7 cm³/mol. The van der Waals surface area contributed by atoms with Gasteiger partial charge in [0, 0.05) is 0 Å². The first-order valence-electron chi connectivity index (χ1n) is 7.72. The molecule has 0 amide bonds. The number of aryl methyl sites for hydroxylation is 1. The van der Waals surface area contributed by atoms with Gasteiger partial charge in [-0.15, -0.1) is 0 Å². The normalized spacial score (nSPS) is 13.7. The second-order valence-electron chi connectivity index (χ2n) is 5.48. The molecule has 1 N–H and O–H groups in total. The van der Waals surface area contributed by atoms with Crippen molar-refractivity contribution in [3.63, 3.8) is 0 Å². The molecule has 0 saturated carbocycles. The fraction of sp³-hybridized carbons (Fsp3) is 0.368. The van der Waals surface area contributed by atoms with Crippen LogP contribution in [0, 0.1) is 6.92 Å². The zero-order valence-electron chi connectivity index (χ0n) is 13.2. The summed E-state index contributed by atoms with van der Waals surface area (Å²) in [5.41, 5.74) is 2.52. The van der Waals surface area contributed by atoms with Gasteiger partial charge in [-0.25, -0.2) is 0 Å². The van der Waals surface area contributed by atoms with Crippen LogP contribution in [0.5, 0.6) is 5.75 Å². The van der Waals surface area contributed by atoms with E-state index in [1.54, 1.807) is 0 Å². The third-order valence-electron chi connectivity index (χ3n) is 3.59. The molecule has 0 spiro atoms. The molecule has 0 aliphatic carbocycles. The van der Waals surface area contributed by atoms with Crippen molar-refractivity contribution in [1.29, 1.82) is 0 Å². The lowest BCUT2D eigenvalue weighted by Gasteiger charge is -2.26. The molecule has 2 unspecified atom stereocenters. The van der Waals surface area contributed by atoms with E-state index in [-0.39, 0.29) is 12.1 Å². The standard InChI is InChI=1S/C19H25NO/c1-4-14-20-19(17-8-6-5-7-9-17)16(3)21-18-12-10-15(2)11-13-18/h5-13,16,19-20H,4,14H2,1-3H3. The number of hydrogen-bond acceptors (Lipinski definition) is 2. The van der Waals surface area contributed by atoms with Crippen molar-refractivity contribution in [2.45, 2.75) is 39.3 Å². The lowest BCUT2D eigenvalue weighted by molar-refractivity contribution is 0.170. The zero-order chi connectivity index (χ0) is 15.1. The van der Waals surface area contributed by atoms with Crippen molar-refractivity contribution < 1.29 is 4.74 Å². The fourth-order valence-corrected chi connectivity index (χ4v) is 2.41. The van der Waals surface area contributed by atoms with Gasteiger partial charge in [0.1, 0.15) is 11.9 Å². The van der Waals surface area contributed by atoms with Crippen LogP contribution in [0.1, 0.15) is 37.4 Å². The Kier molecular flexibility index (Phi) is 5.82. The minimum absolute atomic E-state index is 0.0710. The van der Waals surface area contributed by atoms with Crippen LogP contribution in [0.15, 0.2) is 54.6 Å². The minimum Gasteiger partial charge on any atom is -0.489 e. The van der Waals surface area contributed by atoms with Crippen LogP contribution in [0.2, 0.25) is 0 Å². The van der Waals surface area contributed by atoms with Gasteiger partial charge in [0.05, 0.1) is 6.04 Å². The van der Waals surface area contributed by atoms with E-state index in [2.05, 4.69) is 62.5 Å². The van der Waals surface area contributed by atoms with Crippen molar-refractivity contribution in [3.8, 4) is 5.75 Å². The van der Waals surface area contributed by atoms with Crippen molar-refractivity contribution >= 4 is 0 Å². The first-order chi connectivity index (χ1) is 10.2. The molecular formula is C19H25NO. The van der Waals surface area contributed by atoms with E-state index in [4.69, 9.17) is 4.74 Å². The molecule has 0 heterocycles. The topological polar surface area (TPSA) is 21.3 Å². The smallest absolute Gasteiger partial charge is 0.119 e. The second-order valence-corrected chi connectivity index (χ2v) is 5.48. The lowest BCUT2D eigenvalue weighted by atomic mass is 10.0. The highest BCUT2D eigenvalue weighted by Gasteiger charge is 2.20. The third kappa shape index (κ3) is 4.61. The summed E-state index contributed by atoms with van der Waals surface area (Å²) in [6, 6.07) is 19.0. The SMILES string of the molecule is CCCNC(c1ccccc1)C(C)Oc1ccc(C)cc1. The van der Waals surface area contributed by atoms with Gasteiger partial charge >= 0.3 is 0 Å². The van der Waals surface area contributed by atoms with Gasteiger partial charge in [0.2, 0.25) is 0 Å². The van der Waals surface area contributed by atoms with Gasteiger partial charge in [0.15, 0.2) is 0 Å². The van der Waals surface area contributed by atoms with Crippen molar-refractivity contribution in [2.75, 3.05) is 6.54 Å². The number of ether oxygens (including phenoxy) is 1. The molecule has 2 atom stereocenters. The monoisotopic (exact) mass is 283 g/mol. The summed E-state index contributed by atoms with van der Waals surface area (Å²) < 4.78 is 6.12. The molecule has 0 aromatic heterocycles. The molecule has 0 bridgehead atoms. The second kappa shape index (κ2) is 7.84. The molecule has 2 aromatic carbocycles.